The van der Waals surface area contributed by atoms with Gasteiger partial charge >= 0.3 is 11.9 Å². The third-order valence-electron chi connectivity index (χ3n) is 7.84. The molecule has 0 fully saturated rings. The third kappa shape index (κ3) is 33.0. The van der Waals surface area contributed by atoms with E-state index in [1.54, 1.807) is 6.08 Å². The summed E-state index contributed by atoms with van der Waals surface area (Å²) in [6.45, 7) is 6.45. The number of carbonyl (C=O) groups excluding carboxylic acids is 3. The first-order valence-corrected chi connectivity index (χ1v) is 18.2. The van der Waals surface area contributed by atoms with Gasteiger partial charge in [-0.1, -0.05) is 142 Å². The molecule has 0 unspecified atom stereocenters. The zero-order valence-corrected chi connectivity index (χ0v) is 28.8. The molecule has 1 N–H and O–H groups in total. The van der Waals surface area contributed by atoms with Crippen LogP contribution in [0.2, 0.25) is 0 Å². The number of allylic oxidation sites excluding steroid dienone is 4. The summed E-state index contributed by atoms with van der Waals surface area (Å²) in [5.41, 5.74) is 0. The van der Waals surface area contributed by atoms with Crippen molar-refractivity contribution in [1.82, 2.24) is 0 Å². The molecule has 0 saturated heterocycles. The molecule has 6 heteroatoms. The molecule has 0 radical (unpaired) electrons. The number of aliphatic hydroxyl groups is 1. The van der Waals surface area contributed by atoms with E-state index in [4.69, 9.17) is 9.47 Å². The first-order chi connectivity index (χ1) is 21.3. The van der Waals surface area contributed by atoms with E-state index in [0.29, 0.717) is 19.3 Å². The van der Waals surface area contributed by atoms with Crippen molar-refractivity contribution in [2.75, 3.05) is 13.2 Å². The molecule has 0 heterocycles. The van der Waals surface area contributed by atoms with Crippen molar-refractivity contribution in [3.8, 4) is 0 Å². The van der Waals surface area contributed by atoms with Crippen LogP contribution in [0.15, 0.2) is 24.3 Å². The normalized spacial score (nSPS) is 12.4. The predicted molar refractivity (Wildman–Crippen MR) is 183 cm³/mol. The molecule has 0 aromatic heterocycles. The molecule has 0 aromatic carbocycles. The van der Waals surface area contributed by atoms with Crippen LogP contribution in [0.3, 0.4) is 0 Å². The van der Waals surface area contributed by atoms with Gasteiger partial charge in [-0.3, -0.25) is 14.4 Å². The number of hydrogen-bond acceptors (Lipinski definition) is 6. The van der Waals surface area contributed by atoms with Crippen molar-refractivity contribution in [3.63, 3.8) is 0 Å². The lowest BCUT2D eigenvalue weighted by Crippen LogP contribution is -2.25. The number of unbranched alkanes of at least 4 members (excludes halogenated alkanes) is 17. The highest BCUT2D eigenvalue weighted by Crippen LogP contribution is 2.14. The van der Waals surface area contributed by atoms with Crippen molar-refractivity contribution < 1.29 is 29.0 Å². The molecule has 1 atom stereocenters. The number of hydrogen-bond donors (Lipinski definition) is 1. The van der Waals surface area contributed by atoms with E-state index >= 15 is 0 Å². The van der Waals surface area contributed by atoms with E-state index in [1.165, 1.54) is 57.8 Å². The van der Waals surface area contributed by atoms with Crippen LogP contribution in [0.5, 0.6) is 0 Å². The van der Waals surface area contributed by atoms with Gasteiger partial charge in [-0.25, -0.2) is 0 Å². The molecule has 0 aliphatic carbocycles. The fraction of sp³-hybridized carbons (Fsp3) is 0.816. The first-order valence-electron chi connectivity index (χ1n) is 18.2. The summed E-state index contributed by atoms with van der Waals surface area (Å²) in [6, 6.07) is 0. The molecule has 256 valence electrons. The maximum atomic E-state index is 11.9. The molecule has 0 aliphatic heterocycles. The van der Waals surface area contributed by atoms with Crippen LogP contribution in [0.25, 0.3) is 0 Å². The average molecular weight is 621 g/mol. The van der Waals surface area contributed by atoms with E-state index in [9.17, 15) is 19.5 Å². The largest absolute Gasteiger partial charge is 0.463 e. The van der Waals surface area contributed by atoms with Crippen LogP contribution in [-0.2, 0) is 23.9 Å². The van der Waals surface area contributed by atoms with Gasteiger partial charge in [0.2, 0.25) is 0 Å². The fourth-order valence-electron chi connectivity index (χ4n) is 5.02. The Kier molecular flexibility index (Phi) is 31.0. The van der Waals surface area contributed by atoms with Crippen molar-refractivity contribution in [2.45, 2.75) is 181 Å². The van der Waals surface area contributed by atoms with Gasteiger partial charge in [0, 0.05) is 19.3 Å². The maximum absolute atomic E-state index is 11.9. The van der Waals surface area contributed by atoms with Gasteiger partial charge in [-0.2, -0.15) is 0 Å². The highest BCUT2D eigenvalue weighted by atomic mass is 16.6. The van der Waals surface area contributed by atoms with Crippen molar-refractivity contribution >= 4 is 17.7 Å². The van der Waals surface area contributed by atoms with Crippen LogP contribution in [0, 0.1) is 5.92 Å². The summed E-state index contributed by atoms with van der Waals surface area (Å²) < 4.78 is 10.3. The zero-order chi connectivity index (χ0) is 32.5. The van der Waals surface area contributed by atoms with Gasteiger partial charge < -0.3 is 14.6 Å². The summed E-state index contributed by atoms with van der Waals surface area (Å²) in [4.78, 5) is 35.5. The van der Waals surface area contributed by atoms with Crippen molar-refractivity contribution in [1.29, 1.82) is 0 Å². The summed E-state index contributed by atoms with van der Waals surface area (Å²) in [5.74, 6) is 0.406. The minimum absolute atomic E-state index is 0.136. The Morgan fingerprint density at radius 2 is 1.05 bits per heavy atom. The number of aliphatic hydroxyl groups excluding tert-OH is 1. The van der Waals surface area contributed by atoms with Crippen LogP contribution in [0.1, 0.15) is 175 Å². The second-order valence-electron chi connectivity index (χ2n) is 12.9. The molecule has 0 spiro atoms. The topological polar surface area (TPSA) is 89.9 Å². The smallest absolute Gasteiger partial charge is 0.305 e. The SMILES string of the molecule is CCCCCC(=O)/C=C/C=C\CCCCCCCC(=O)OC[C@H](O)COC(=O)CCCCCCCCCCCCCC(C)C. The van der Waals surface area contributed by atoms with E-state index in [1.807, 2.05) is 12.2 Å². The molecule has 0 rings (SSSR count). The molecule has 6 nitrogen and oxygen atoms in total. The Balaban J connectivity index is 3.51. The van der Waals surface area contributed by atoms with E-state index < -0.39 is 6.10 Å². The van der Waals surface area contributed by atoms with Crippen molar-refractivity contribution in [3.05, 3.63) is 24.3 Å². The molecule has 0 aromatic rings. The second kappa shape index (κ2) is 32.4. The van der Waals surface area contributed by atoms with Gasteiger partial charge in [-0.15, -0.1) is 0 Å². The Morgan fingerprint density at radius 1 is 0.591 bits per heavy atom. The Bertz CT molecular complexity index is 742. The fourth-order valence-corrected chi connectivity index (χ4v) is 5.02. The van der Waals surface area contributed by atoms with E-state index in [2.05, 4.69) is 26.8 Å². The minimum atomic E-state index is -0.986. The monoisotopic (exact) mass is 621 g/mol. The summed E-state index contributed by atoms with van der Waals surface area (Å²) in [5, 5.41) is 9.98. The van der Waals surface area contributed by atoms with E-state index in [0.717, 1.165) is 83.0 Å². The molecule has 0 saturated carbocycles. The summed E-state index contributed by atoms with van der Waals surface area (Å²) in [7, 11) is 0. The van der Waals surface area contributed by atoms with Crippen LogP contribution < -0.4 is 0 Å². The van der Waals surface area contributed by atoms with Crippen molar-refractivity contribution in [2.24, 2.45) is 5.92 Å². The number of rotatable bonds is 32. The van der Waals surface area contributed by atoms with Gasteiger partial charge in [-0.05, 0) is 44.1 Å². The first kappa shape index (κ1) is 42.0. The summed E-state index contributed by atoms with van der Waals surface area (Å²) in [6.07, 6.45) is 32.1. The number of esters is 2. The quantitative estimate of drug-likeness (QED) is 0.0348. The van der Waals surface area contributed by atoms with Crippen LogP contribution in [0.4, 0.5) is 0 Å². The van der Waals surface area contributed by atoms with Crippen LogP contribution in [-0.4, -0.2) is 42.1 Å². The molecule has 0 aliphatic rings. The molecular weight excluding hydrogens is 552 g/mol. The highest BCUT2D eigenvalue weighted by molar-refractivity contribution is 5.89. The molecular formula is C38H68O6. The Hall–Kier alpha value is -1.95. The maximum Gasteiger partial charge on any atom is 0.305 e. The molecule has 0 bridgehead atoms. The highest BCUT2D eigenvalue weighted by Gasteiger charge is 2.12. The van der Waals surface area contributed by atoms with E-state index in [-0.39, 0.29) is 30.9 Å². The van der Waals surface area contributed by atoms with Gasteiger partial charge in [0.25, 0.3) is 0 Å². The molecule has 0 amide bonds. The lowest BCUT2D eigenvalue weighted by Gasteiger charge is -2.12. The average Bonchev–Trinajstić information content (AvgIpc) is 3.00. The lowest BCUT2D eigenvalue weighted by atomic mass is 10.0. The lowest BCUT2D eigenvalue weighted by molar-refractivity contribution is -0.152. The Labute approximate surface area is 270 Å². The van der Waals surface area contributed by atoms with Gasteiger partial charge in [0.1, 0.15) is 19.3 Å². The molecule has 44 heavy (non-hydrogen) atoms. The standard InChI is InChI=1S/C38H68O6/c1-4-5-22-28-35(39)29-24-19-15-11-9-13-17-21-26-31-38(42)44-33-36(40)32-43-37(41)30-25-20-16-12-8-6-7-10-14-18-23-27-34(2)3/h15,19,24,29,34,36,40H,4-14,16-18,20-23,25-28,30-33H2,1-3H3/b19-15-,29-24+/t36-/m1/s1. The predicted octanol–water partition coefficient (Wildman–Crippen LogP) is 10.2. The number of carbonyl (C=O) groups is 3. The zero-order valence-electron chi connectivity index (χ0n) is 28.8. The third-order valence-corrected chi connectivity index (χ3v) is 7.84. The van der Waals surface area contributed by atoms with Gasteiger partial charge in [0.15, 0.2) is 5.78 Å². The van der Waals surface area contributed by atoms with Crippen LogP contribution >= 0.6 is 0 Å². The Morgan fingerprint density at radius 3 is 1.55 bits per heavy atom. The number of ether oxygens (including phenoxy) is 2. The minimum Gasteiger partial charge on any atom is -0.463 e. The summed E-state index contributed by atoms with van der Waals surface area (Å²) >= 11 is 0. The second-order valence-corrected chi connectivity index (χ2v) is 12.9. The van der Waals surface area contributed by atoms with Gasteiger partial charge in [0.05, 0.1) is 0 Å². The number of ketones is 1.